The number of nitrogens with zero attached hydrogens (tertiary/aromatic N) is 1. The van der Waals surface area contributed by atoms with Crippen molar-refractivity contribution in [2.45, 2.75) is 38.1 Å². The Morgan fingerprint density at radius 2 is 1.78 bits per heavy atom. The highest BCUT2D eigenvalue weighted by atomic mass is 16.1. The highest BCUT2D eigenvalue weighted by Gasteiger charge is 2.16. The van der Waals surface area contributed by atoms with Crippen molar-refractivity contribution in [3.63, 3.8) is 0 Å². The van der Waals surface area contributed by atoms with Crippen molar-refractivity contribution in [2.24, 2.45) is 0 Å². The summed E-state index contributed by atoms with van der Waals surface area (Å²) in [6, 6.07) is 11.2. The summed E-state index contributed by atoms with van der Waals surface area (Å²) in [4.78, 5) is 27.3. The van der Waals surface area contributed by atoms with E-state index in [-0.39, 0.29) is 5.91 Å². The minimum Gasteiger partial charge on any atom is -0.349 e. The van der Waals surface area contributed by atoms with Crippen LogP contribution in [0.5, 0.6) is 0 Å². The minimum absolute atomic E-state index is 0.0488. The van der Waals surface area contributed by atoms with Crippen molar-refractivity contribution in [1.29, 1.82) is 0 Å². The maximum Gasteiger partial charge on any atom is 0.253 e. The van der Waals surface area contributed by atoms with Crippen molar-refractivity contribution < 1.29 is 9.59 Å². The molecule has 0 saturated heterocycles. The van der Waals surface area contributed by atoms with E-state index in [0.717, 1.165) is 30.4 Å². The Morgan fingerprint density at radius 1 is 1.04 bits per heavy atom. The molecule has 4 nitrogen and oxygen atoms in total. The van der Waals surface area contributed by atoms with Crippen molar-refractivity contribution in [1.82, 2.24) is 10.3 Å². The second-order valence-electron chi connectivity index (χ2n) is 5.98. The van der Waals surface area contributed by atoms with Gasteiger partial charge in [-0.1, -0.05) is 43.5 Å². The summed E-state index contributed by atoms with van der Waals surface area (Å²) >= 11 is 0. The number of pyridine rings is 1. The summed E-state index contributed by atoms with van der Waals surface area (Å²) in [5.74, 6) is -0.0488. The van der Waals surface area contributed by atoms with Gasteiger partial charge >= 0.3 is 0 Å². The third-order valence-electron chi connectivity index (χ3n) is 4.31. The molecular weight excluding hydrogens is 288 g/mol. The van der Waals surface area contributed by atoms with Crippen LogP contribution in [0.2, 0.25) is 0 Å². The summed E-state index contributed by atoms with van der Waals surface area (Å²) in [5, 5.41) is 3.09. The Morgan fingerprint density at radius 3 is 2.39 bits per heavy atom. The first kappa shape index (κ1) is 15.4. The molecule has 1 aliphatic rings. The van der Waals surface area contributed by atoms with E-state index in [2.05, 4.69) is 10.3 Å². The summed E-state index contributed by atoms with van der Waals surface area (Å²) in [6.07, 6.45) is 8.22. The van der Waals surface area contributed by atoms with Gasteiger partial charge in [-0.3, -0.25) is 14.6 Å². The molecule has 23 heavy (non-hydrogen) atoms. The number of nitrogens with one attached hydrogen (secondary N) is 1. The van der Waals surface area contributed by atoms with Gasteiger partial charge in [0.1, 0.15) is 6.29 Å². The smallest absolute Gasteiger partial charge is 0.253 e. The predicted molar refractivity (Wildman–Crippen MR) is 89.4 cm³/mol. The zero-order chi connectivity index (χ0) is 16.1. The standard InChI is InChI=1S/C19H20N2O2/c22-13-14-6-8-15(9-7-14)18-11-10-16(12-20-18)19(23)21-17-4-2-1-3-5-17/h6-13,17H,1-5H2,(H,21,23). The van der Waals surface area contributed by atoms with Gasteiger partial charge in [-0.2, -0.15) is 0 Å². The fraction of sp³-hybridized carbons (Fsp3) is 0.316. The number of hydrogen-bond acceptors (Lipinski definition) is 3. The van der Waals surface area contributed by atoms with Crippen LogP contribution in [0.4, 0.5) is 0 Å². The summed E-state index contributed by atoms with van der Waals surface area (Å²) in [6.45, 7) is 0. The highest BCUT2D eigenvalue weighted by molar-refractivity contribution is 5.94. The lowest BCUT2D eigenvalue weighted by atomic mass is 9.95. The number of carbonyl (C=O) groups is 2. The van der Waals surface area contributed by atoms with Gasteiger partial charge in [-0.15, -0.1) is 0 Å². The lowest BCUT2D eigenvalue weighted by Gasteiger charge is -2.22. The van der Waals surface area contributed by atoms with Gasteiger partial charge in [0, 0.05) is 23.4 Å². The molecule has 3 rings (SSSR count). The number of hydrogen-bond donors (Lipinski definition) is 1. The number of rotatable bonds is 4. The average Bonchev–Trinajstić information content (AvgIpc) is 2.63. The van der Waals surface area contributed by atoms with E-state index in [1.54, 1.807) is 24.4 Å². The van der Waals surface area contributed by atoms with Gasteiger partial charge in [0.15, 0.2) is 0 Å². The first-order valence-electron chi connectivity index (χ1n) is 8.09. The Hall–Kier alpha value is -2.49. The summed E-state index contributed by atoms with van der Waals surface area (Å²) in [7, 11) is 0. The molecule has 1 aliphatic carbocycles. The predicted octanol–water partition coefficient (Wildman–Crippen LogP) is 3.62. The van der Waals surface area contributed by atoms with Crippen LogP contribution in [0.1, 0.15) is 52.8 Å². The first-order valence-corrected chi connectivity index (χ1v) is 8.09. The van der Waals surface area contributed by atoms with Gasteiger partial charge < -0.3 is 5.32 Å². The van der Waals surface area contributed by atoms with Crippen LogP contribution in [-0.2, 0) is 0 Å². The number of aromatic nitrogens is 1. The fourth-order valence-corrected chi connectivity index (χ4v) is 2.95. The molecule has 1 heterocycles. The first-order chi connectivity index (χ1) is 11.3. The van der Waals surface area contributed by atoms with E-state index in [4.69, 9.17) is 0 Å². The van der Waals surface area contributed by atoms with Crippen LogP contribution >= 0.6 is 0 Å². The zero-order valence-electron chi connectivity index (χ0n) is 13.0. The second-order valence-corrected chi connectivity index (χ2v) is 5.98. The minimum atomic E-state index is -0.0488. The third-order valence-corrected chi connectivity index (χ3v) is 4.31. The molecule has 118 valence electrons. The van der Waals surface area contributed by atoms with Crippen molar-refractivity contribution in [3.8, 4) is 11.3 Å². The highest BCUT2D eigenvalue weighted by Crippen LogP contribution is 2.19. The van der Waals surface area contributed by atoms with Gasteiger partial charge in [-0.05, 0) is 25.0 Å². The summed E-state index contributed by atoms with van der Waals surface area (Å²) < 4.78 is 0. The van der Waals surface area contributed by atoms with Gasteiger partial charge in [0.25, 0.3) is 5.91 Å². The molecule has 1 aromatic heterocycles. The molecule has 4 heteroatoms. The van der Waals surface area contributed by atoms with Gasteiger partial charge in [-0.25, -0.2) is 0 Å². The van der Waals surface area contributed by atoms with E-state index >= 15 is 0 Å². The van der Waals surface area contributed by atoms with E-state index in [9.17, 15) is 9.59 Å². The van der Waals surface area contributed by atoms with Crippen molar-refractivity contribution in [3.05, 3.63) is 53.7 Å². The molecule has 0 atom stereocenters. The van der Waals surface area contributed by atoms with Gasteiger partial charge in [0.2, 0.25) is 0 Å². The van der Waals surface area contributed by atoms with Crippen LogP contribution in [-0.4, -0.2) is 23.2 Å². The zero-order valence-corrected chi connectivity index (χ0v) is 13.0. The Kier molecular flexibility index (Phi) is 4.81. The van der Waals surface area contributed by atoms with E-state index in [1.165, 1.54) is 19.3 Å². The Bertz CT molecular complexity index is 672. The molecule has 2 aromatic rings. The maximum atomic E-state index is 12.3. The van der Waals surface area contributed by atoms with Crippen LogP contribution in [0.25, 0.3) is 11.3 Å². The normalized spacial score (nSPS) is 15.1. The molecule has 0 radical (unpaired) electrons. The molecule has 1 fully saturated rings. The topological polar surface area (TPSA) is 59.1 Å². The molecule has 0 bridgehead atoms. The van der Waals surface area contributed by atoms with E-state index < -0.39 is 0 Å². The number of amides is 1. The van der Waals surface area contributed by atoms with Crippen LogP contribution in [0, 0.1) is 0 Å². The molecule has 1 amide bonds. The molecular formula is C19H20N2O2. The molecule has 1 N–H and O–H groups in total. The Balaban J connectivity index is 1.68. The quantitative estimate of drug-likeness (QED) is 0.878. The number of carbonyl (C=O) groups excluding carboxylic acids is 2. The van der Waals surface area contributed by atoms with E-state index in [1.807, 2.05) is 18.2 Å². The maximum absolute atomic E-state index is 12.3. The number of aldehydes is 1. The molecule has 0 spiro atoms. The lowest BCUT2D eigenvalue weighted by molar-refractivity contribution is 0.0927. The fourth-order valence-electron chi connectivity index (χ4n) is 2.95. The summed E-state index contributed by atoms with van der Waals surface area (Å²) in [5.41, 5.74) is 2.94. The monoisotopic (exact) mass is 308 g/mol. The van der Waals surface area contributed by atoms with Crippen LogP contribution in [0.15, 0.2) is 42.6 Å². The molecule has 0 aliphatic heterocycles. The average molecular weight is 308 g/mol. The molecule has 0 unspecified atom stereocenters. The number of benzene rings is 1. The van der Waals surface area contributed by atoms with Crippen molar-refractivity contribution in [2.75, 3.05) is 0 Å². The SMILES string of the molecule is O=Cc1ccc(-c2ccc(C(=O)NC3CCCCC3)cn2)cc1. The van der Waals surface area contributed by atoms with Crippen LogP contribution in [0.3, 0.4) is 0 Å². The van der Waals surface area contributed by atoms with Crippen molar-refractivity contribution >= 4 is 12.2 Å². The van der Waals surface area contributed by atoms with Gasteiger partial charge in [0.05, 0.1) is 11.3 Å². The second kappa shape index (κ2) is 7.18. The molecule has 1 saturated carbocycles. The third kappa shape index (κ3) is 3.83. The van der Waals surface area contributed by atoms with E-state index in [0.29, 0.717) is 17.2 Å². The Labute approximate surface area is 135 Å². The molecule has 1 aromatic carbocycles. The van der Waals surface area contributed by atoms with Crippen LogP contribution < -0.4 is 5.32 Å². The lowest BCUT2D eigenvalue weighted by Crippen LogP contribution is -2.36. The largest absolute Gasteiger partial charge is 0.349 e.